The molecule has 16 rings (SSSR count). The van der Waals surface area contributed by atoms with Gasteiger partial charge in [-0.25, -0.2) is 33.2 Å². The van der Waals surface area contributed by atoms with Crippen molar-refractivity contribution in [2.75, 3.05) is 0 Å². The van der Waals surface area contributed by atoms with Crippen molar-refractivity contribution in [1.29, 1.82) is 15.8 Å². The second kappa shape index (κ2) is 24.1. The SMILES string of the molecule is Cc1cc(C#N)c2c(oc3ncccc32)c1-c1cccc[n+]1C.Cc1cc2c(cc1-c1cccc[n+]1C)oc1ncc(C#N)cc12.Cc1ccc2c(oc3nccc(C#N)c32)c1-c1cccc[n+]1C.[C-]#[N+]c1ccc2c(n1)oc1cc(-c3cccc[n+]3C)c(C)cc12. The van der Waals surface area contributed by atoms with Gasteiger partial charge >= 0.3 is 5.71 Å². The van der Waals surface area contributed by atoms with Gasteiger partial charge in [0.05, 0.1) is 55.8 Å². The van der Waals surface area contributed by atoms with Crippen molar-refractivity contribution in [2.24, 2.45) is 28.2 Å². The summed E-state index contributed by atoms with van der Waals surface area (Å²) in [6, 6.07) is 56.3. The third-order valence-electron chi connectivity index (χ3n) is 16.6. The maximum Gasteiger partial charge on any atom is 0.322 e. The van der Waals surface area contributed by atoms with E-state index in [2.05, 4.69) is 131 Å². The summed E-state index contributed by atoms with van der Waals surface area (Å²) in [5.41, 5.74) is 20.1. The highest BCUT2D eigenvalue weighted by Crippen LogP contribution is 2.41. The molecule has 0 saturated carbocycles. The molecule has 12 heterocycles. The van der Waals surface area contributed by atoms with Crippen molar-refractivity contribution in [2.45, 2.75) is 27.7 Å². The number of furan rings is 4. The van der Waals surface area contributed by atoms with Crippen molar-refractivity contribution in [3.05, 3.63) is 245 Å². The fraction of sp³-hybridized carbons (Fsp3) is 0.105. The van der Waals surface area contributed by atoms with Gasteiger partial charge in [-0.2, -0.15) is 15.8 Å². The first-order valence-corrected chi connectivity index (χ1v) is 29.4. The average molecular weight is 1200 g/mol. The zero-order valence-corrected chi connectivity index (χ0v) is 51.5. The Morgan fingerprint density at radius 2 is 0.957 bits per heavy atom. The summed E-state index contributed by atoms with van der Waals surface area (Å²) in [7, 11) is 8.06. The van der Waals surface area contributed by atoms with Gasteiger partial charge in [-0.3, -0.25) is 0 Å². The quantitative estimate of drug-likeness (QED) is 0.120. The minimum atomic E-state index is 0.350. The zero-order chi connectivity index (χ0) is 63.9. The highest BCUT2D eigenvalue weighted by atomic mass is 16.4. The van der Waals surface area contributed by atoms with Crippen LogP contribution in [0.1, 0.15) is 38.9 Å². The van der Waals surface area contributed by atoms with Crippen LogP contribution < -0.4 is 18.3 Å². The maximum atomic E-state index is 9.54. The molecule has 0 bridgehead atoms. The smallest absolute Gasteiger partial charge is 0.322 e. The van der Waals surface area contributed by atoms with E-state index in [9.17, 15) is 10.5 Å². The fourth-order valence-corrected chi connectivity index (χ4v) is 12.1. The van der Waals surface area contributed by atoms with Crippen LogP contribution in [0.2, 0.25) is 0 Å². The first kappa shape index (κ1) is 58.3. The lowest BCUT2D eigenvalue weighted by molar-refractivity contribution is -0.660. The van der Waals surface area contributed by atoms with Gasteiger partial charge in [0.2, 0.25) is 39.9 Å². The number of nitrogens with zero attached hydrogens (tertiary/aromatic N) is 12. The number of rotatable bonds is 4. The molecule has 0 atom stereocenters. The van der Waals surface area contributed by atoms with Crippen molar-refractivity contribution >= 4 is 94.1 Å². The van der Waals surface area contributed by atoms with Gasteiger partial charge in [-0.1, -0.05) is 29.8 Å². The van der Waals surface area contributed by atoms with Crippen LogP contribution in [0.3, 0.4) is 0 Å². The molecule has 0 aliphatic heterocycles. The van der Waals surface area contributed by atoms with Crippen LogP contribution in [0.15, 0.2) is 213 Å². The lowest BCUT2D eigenvalue weighted by Crippen LogP contribution is -2.30. The number of aromatic nitrogens is 8. The summed E-state index contributed by atoms with van der Waals surface area (Å²) < 4.78 is 32.1. The Hall–Kier alpha value is -12.8. The molecule has 12 aromatic heterocycles. The standard InChI is InChI=1S/4C19H14N3O/c1-12-10-15-13-7-8-18(20-2)21-19(13)23-17(15)11-14(12)16-6-4-5-9-22(16)3;1-12-10-13(11-20)17-14-6-5-8-21-19(14)23-18(17)16(12)15-7-3-4-9-22(15)2;1-12-6-7-14-17-13(11-20)8-9-21-19(17)23-18(14)16(12)15-5-3-4-10-22(15)2;1-12-7-15-16-8-13(10-20)11-21-19(16)23-18(15)9-14(12)17-5-3-4-6-22(17)2/h4-11H,1,3H3;2*3-10H,1-2H3;3-9,11H,1-2H3/q4*+1. The molecular formula is C76H56N12O4+4. The number of hydrogen-bond donors (Lipinski definition) is 0. The molecular weight excluding hydrogens is 1140 g/mol. The second-order valence-electron chi connectivity index (χ2n) is 22.4. The Kier molecular flexibility index (Phi) is 15.2. The molecule has 16 heteroatoms. The molecule has 0 unspecified atom stereocenters. The molecule has 0 N–H and O–H groups in total. The van der Waals surface area contributed by atoms with Gasteiger partial charge in [0, 0.05) is 99.4 Å². The first-order chi connectivity index (χ1) is 44.7. The third kappa shape index (κ3) is 10.5. The van der Waals surface area contributed by atoms with Crippen LogP contribution in [-0.2, 0) is 28.2 Å². The van der Waals surface area contributed by atoms with Crippen LogP contribution in [0.4, 0.5) is 5.82 Å². The summed E-state index contributed by atoms with van der Waals surface area (Å²) in [4.78, 5) is 20.4. The molecule has 0 aliphatic rings. The number of nitriles is 3. The molecule has 0 amide bonds. The van der Waals surface area contributed by atoms with Crippen LogP contribution in [0.5, 0.6) is 0 Å². The Morgan fingerprint density at radius 3 is 1.54 bits per heavy atom. The molecule has 0 fully saturated rings. The van der Waals surface area contributed by atoms with E-state index in [4.69, 9.17) is 29.5 Å². The summed E-state index contributed by atoms with van der Waals surface area (Å²) in [6.07, 6.45) is 12.9. The predicted octanol–water partition coefficient (Wildman–Crippen LogP) is 15.3. The van der Waals surface area contributed by atoms with Crippen molar-refractivity contribution in [3.63, 3.8) is 0 Å². The Morgan fingerprint density at radius 1 is 0.413 bits per heavy atom. The van der Waals surface area contributed by atoms with Crippen LogP contribution in [0, 0.1) is 68.3 Å². The van der Waals surface area contributed by atoms with E-state index in [0.717, 1.165) is 127 Å². The molecule has 440 valence electrons. The second-order valence-corrected chi connectivity index (χ2v) is 22.4. The Balaban J connectivity index is 0.000000112. The Labute approximate surface area is 527 Å². The summed E-state index contributed by atoms with van der Waals surface area (Å²) in [6.45, 7) is 15.3. The van der Waals surface area contributed by atoms with Gasteiger partial charge in [0.25, 0.3) is 5.82 Å². The number of benzene rings is 4. The first-order valence-electron chi connectivity index (χ1n) is 29.4. The van der Waals surface area contributed by atoms with Crippen molar-refractivity contribution < 1.29 is 35.9 Å². The number of fused-ring (bicyclic) bond motifs is 12. The van der Waals surface area contributed by atoms with Crippen LogP contribution in [-0.4, -0.2) is 19.9 Å². The maximum absolute atomic E-state index is 9.54. The summed E-state index contributed by atoms with van der Waals surface area (Å²) in [5.74, 6) is 0.350. The van der Waals surface area contributed by atoms with E-state index >= 15 is 0 Å². The normalized spacial score (nSPS) is 11.0. The predicted molar refractivity (Wildman–Crippen MR) is 352 cm³/mol. The monoisotopic (exact) mass is 1200 g/mol. The number of pyridine rings is 8. The molecule has 0 spiro atoms. The van der Waals surface area contributed by atoms with Crippen molar-refractivity contribution in [1.82, 2.24) is 19.9 Å². The van der Waals surface area contributed by atoms with Gasteiger partial charge in [0.15, 0.2) is 36.0 Å². The fourth-order valence-electron chi connectivity index (χ4n) is 12.1. The largest absolute Gasteiger partial charge is 0.438 e. The average Bonchev–Trinajstić information content (AvgIpc) is 1.63. The number of aryl methyl sites for hydroxylation is 8. The number of hydrogen-bond acceptors (Lipinski definition) is 11. The topological polar surface area (TPSA) is 195 Å². The zero-order valence-electron chi connectivity index (χ0n) is 51.5. The van der Waals surface area contributed by atoms with Crippen LogP contribution >= 0.6 is 0 Å². The third-order valence-corrected chi connectivity index (χ3v) is 16.6. The summed E-state index contributed by atoms with van der Waals surface area (Å²) >= 11 is 0. The lowest BCUT2D eigenvalue weighted by Gasteiger charge is -2.06. The molecule has 16 nitrogen and oxygen atoms in total. The molecule has 92 heavy (non-hydrogen) atoms. The van der Waals surface area contributed by atoms with Gasteiger partial charge < -0.3 is 22.5 Å². The van der Waals surface area contributed by atoms with Crippen molar-refractivity contribution in [3.8, 4) is 63.2 Å². The highest BCUT2D eigenvalue weighted by molar-refractivity contribution is 6.13. The lowest BCUT2D eigenvalue weighted by atomic mass is 9.97. The van der Waals surface area contributed by atoms with Crippen LogP contribution in [0.25, 0.3) is 138 Å². The van der Waals surface area contributed by atoms with E-state index < -0.39 is 0 Å². The van der Waals surface area contributed by atoms with E-state index in [1.54, 1.807) is 24.5 Å². The molecule has 16 aromatic rings. The van der Waals surface area contributed by atoms with Gasteiger partial charge in [-0.05, 0) is 135 Å². The highest BCUT2D eigenvalue weighted by Gasteiger charge is 2.26. The molecule has 0 radical (unpaired) electrons. The van der Waals surface area contributed by atoms with Gasteiger partial charge in [0.1, 0.15) is 51.5 Å². The molecule has 0 saturated heterocycles. The van der Waals surface area contributed by atoms with E-state index in [-0.39, 0.29) is 0 Å². The molecule has 4 aromatic carbocycles. The Bertz CT molecular complexity index is 5790. The van der Waals surface area contributed by atoms with Gasteiger partial charge in [-0.15, -0.1) is 0 Å². The minimum absolute atomic E-state index is 0.350. The molecule has 0 aliphatic carbocycles. The van der Waals surface area contributed by atoms with E-state index in [0.29, 0.717) is 45.4 Å². The van der Waals surface area contributed by atoms with E-state index in [1.807, 2.05) is 151 Å². The summed E-state index contributed by atoms with van der Waals surface area (Å²) in [5, 5.41) is 35.2. The minimum Gasteiger partial charge on any atom is -0.438 e. The van der Waals surface area contributed by atoms with E-state index in [1.165, 1.54) is 11.8 Å².